The predicted octanol–water partition coefficient (Wildman–Crippen LogP) is 3.38. The lowest BCUT2D eigenvalue weighted by molar-refractivity contribution is -0.141. The zero-order valence-corrected chi connectivity index (χ0v) is 13.7. The van der Waals surface area contributed by atoms with E-state index in [9.17, 15) is 4.79 Å². The zero-order valence-electron chi connectivity index (χ0n) is 12.9. The molecule has 23 heavy (non-hydrogen) atoms. The number of benzene rings is 2. The Hall–Kier alpha value is -1.84. The second-order valence-corrected chi connectivity index (χ2v) is 6.21. The molecule has 4 heteroatoms. The Balaban J connectivity index is 0.00000156. The van der Waals surface area contributed by atoms with E-state index in [0.717, 1.165) is 19.6 Å². The van der Waals surface area contributed by atoms with Crippen molar-refractivity contribution in [1.82, 2.24) is 4.90 Å². The van der Waals surface area contributed by atoms with Gasteiger partial charge in [0.1, 0.15) is 0 Å². The normalized spacial score (nSPS) is 23.2. The van der Waals surface area contributed by atoms with Crippen LogP contribution < -0.4 is 0 Å². The Kier molecular flexibility index (Phi) is 4.69. The Morgan fingerprint density at radius 3 is 2.52 bits per heavy atom. The fourth-order valence-corrected chi connectivity index (χ4v) is 3.62. The third kappa shape index (κ3) is 3.12. The first kappa shape index (κ1) is 16.0. The van der Waals surface area contributed by atoms with Crippen LogP contribution in [0.15, 0.2) is 54.6 Å². The van der Waals surface area contributed by atoms with Crippen molar-refractivity contribution in [2.45, 2.75) is 6.54 Å². The van der Waals surface area contributed by atoms with Crippen molar-refractivity contribution in [2.75, 3.05) is 19.7 Å². The highest BCUT2D eigenvalue weighted by atomic mass is 35.5. The number of ether oxygens (including phenoxy) is 1. The number of nitrogens with zero attached hydrogens (tertiary/aromatic N) is 1. The van der Waals surface area contributed by atoms with Gasteiger partial charge in [-0.1, -0.05) is 54.6 Å². The van der Waals surface area contributed by atoms with Gasteiger partial charge in [-0.05, 0) is 16.7 Å². The molecule has 0 unspecified atom stereocenters. The molecule has 0 spiro atoms. The number of carbonyl (C=O) groups is 1. The number of esters is 1. The van der Waals surface area contributed by atoms with Gasteiger partial charge in [-0.15, -0.1) is 12.4 Å². The second-order valence-electron chi connectivity index (χ2n) is 6.21. The fraction of sp³-hybridized carbons (Fsp3) is 0.316. The van der Waals surface area contributed by atoms with Gasteiger partial charge in [0.25, 0.3) is 0 Å². The van der Waals surface area contributed by atoms with Gasteiger partial charge < -0.3 is 4.74 Å². The molecule has 0 bridgehead atoms. The molecule has 120 valence electrons. The van der Waals surface area contributed by atoms with Gasteiger partial charge in [-0.25, -0.2) is 0 Å². The summed E-state index contributed by atoms with van der Waals surface area (Å²) < 4.78 is 5.15. The number of fused-ring (bicyclic) bond motifs is 1. The van der Waals surface area contributed by atoms with E-state index in [1.807, 2.05) is 6.07 Å². The van der Waals surface area contributed by atoms with E-state index in [2.05, 4.69) is 53.4 Å². The van der Waals surface area contributed by atoms with Crippen molar-refractivity contribution in [3.8, 4) is 11.1 Å². The first-order valence-electron chi connectivity index (χ1n) is 7.83. The highest BCUT2D eigenvalue weighted by Gasteiger charge is 2.43. The molecule has 0 saturated carbocycles. The van der Waals surface area contributed by atoms with Gasteiger partial charge >= 0.3 is 5.97 Å². The molecule has 0 N–H and O–H groups in total. The molecule has 2 aromatic rings. The SMILES string of the molecule is Cl.O=C1OC[C@H]2CN(Cc3ccccc3-c3ccccc3)C[C@@H]12. The summed E-state index contributed by atoms with van der Waals surface area (Å²) in [4.78, 5) is 14.1. The fourth-order valence-electron chi connectivity index (χ4n) is 3.62. The summed E-state index contributed by atoms with van der Waals surface area (Å²) in [6.45, 7) is 3.28. The molecule has 2 atom stereocenters. The molecular formula is C19H20ClNO2. The monoisotopic (exact) mass is 329 g/mol. The molecule has 4 rings (SSSR count). The van der Waals surface area contributed by atoms with Gasteiger partial charge in [0, 0.05) is 25.6 Å². The molecular weight excluding hydrogens is 310 g/mol. The number of cyclic esters (lactones) is 1. The van der Waals surface area contributed by atoms with E-state index in [0.29, 0.717) is 12.5 Å². The molecule has 2 aliphatic heterocycles. The largest absolute Gasteiger partial charge is 0.465 e. The minimum atomic E-state index is -0.0103. The molecule has 0 aromatic heterocycles. The number of hydrogen-bond donors (Lipinski definition) is 0. The molecule has 2 heterocycles. The van der Waals surface area contributed by atoms with Crippen LogP contribution in [-0.4, -0.2) is 30.6 Å². The van der Waals surface area contributed by atoms with Crippen LogP contribution in [0.2, 0.25) is 0 Å². The zero-order chi connectivity index (χ0) is 14.9. The lowest BCUT2D eigenvalue weighted by Gasteiger charge is -2.19. The molecule has 2 aliphatic rings. The van der Waals surface area contributed by atoms with Gasteiger partial charge in [0.05, 0.1) is 12.5 Å². The van der Waals surface area contributed by atoms with Crippen LogP contribution in [0.5, 0.6) is 0 Å². The molecule has 0 amide bonds. The lowest BCUT2D eigenvalue weighted by atomic mass is 9.99. The maximum Gasteiger partial charge on any atom is 0.310 e. The molecule has 2 saturated heterocycles. The van der Waals surface area contributed by atoms with Crippen LogP contribution in [0.3, 0.4) is 0 Å². The molecule has 2 aromatic carbocycles. The quantitative estimate of drug-likeness (QED) is 0.808. The van der Waals surface area contributed by atoms with Crippen LogP contribution in [0.1, 0.15) is 5.56 Å². The molecule has 2 fully saturated rings. The summed E-state index contributed by atoms with van der Waals surface area (Å²) in [5, 5.41) is 0. The summed E-state index contributed by atoms with van der Waals surface area (Å²) >= 11 is 0. The standard InChI is InChI=1S/C19H19NO2.ClH/c21-19-18-12-20(11-16(18)13-22-19)10-15-8-4-5-9-17(15)14-6-2-1-3-7-14;/h1-9,16,18H,10-13H2;1H/t16-,18-;/m1./s1. The van der Waals surface area contributed by atoms with Crippen molar-refractivity contribution >= 4 is 18.4 Å². The number of hydrogen-bond acceptors (Lipinski definition) is 3. The van der Waals surface area contributed by atoms with Crippen LogP contribution >= 0.6 is 12.4 Å². The van der Waals surface area contributed by atoms with Crippen molar-refractivity contribution in [2.24, 2.45) is 11.8 Å². The first-order valence-corrected chi connectivity index (χ1v) is 7.83. The van der Waals surface area contributed by atoms with E-state index in [4.69, 9.17) is 4.74 Å². The van der Waals surface area contributed by atoms with Crippen LogP contribution in [-0.2, 0) is 16.1 Å². The van der Waals surface area contributed by atoms with Crippen LogP contribution in [0.4, 0.5) is 0 Å². The molecule has 0 aliphatic carbocycles. The minimum Gasteiger partial charge on any atom is -0.465 e. The minimum absolute atomic E-state index is 0. The highest BCUT2D eigenvalue weighted by Crippen LogP contribution is 2.32. The van der Waals surface area contributed by atoms with E-state index in [1.54, 1.807) is 0 Å². The van der Waals surface area contributed by atoms with Crippen molar-refractivity contribution in [1.29, 1.82) is 0 Å². The summed E-state index contributed by atoms with van der Waals surface area (Å²) in [5.74, 6) is 0.462. The van der Waals surface area contributed by atoms with Crippen LogP contribution in [0.25, 0.3) is 11.1 Å². The predicted molar refractivity (Wildman–Crippen MR) is 92.3 cm³/mol. The summed E-state index contributed by atoms with van der Waals surface area (Å²) in [6.07, 6.45) is 0. The van der Waals surface area contributed by atoms with Crippen LogP contribution in [0, 0.1) is 11.8 Å². The second kappa shape index (κ2) is 6.73. The summed E-state index contributed by atoms with van der Waals surface area (Å²) in [5.41, 5.74) is 3.85. The highest BCUT2D eigenvalue weighted by molar-refractivity contribution is 5.85. The van der Waals surface area contributed by atoms with E-state index >= 15 is 0 Å². The number of carbonyl (C=O) groups excluding carboxylic acids is 1. The Labute approximate surface area is 142 Å². The number of likely N-dealkylation sites (tertiary alicyclic amines) is 1. The van der Waals surface area contributed by atoms with E-state index in [-0.39, 0.29) is 24.3 Å². The van der Waals surface area contributed by atoms with E-state index in [1.165, 1.54) is 16.7 Å². The topological polar surface area (TPSA) is 29.5 Å². The smallest absolute Gasteiger partial charge is 0.310 e. The van der Waals surface area contributed by atoms with Crippen molar-refractivity contribution in [3.63, 3.8) is 0 Å². The van der Waals surface area contributed by atoms with E-state index < -0.39 is 0 Å². The van der Waals surface area contributed by atoms with Gasteiger partial charge in [0.15, 0.2) is 0 Å². The molecule has 3 nitrogen and oxygen atoms in total. The third-order valence-electron chi connectivity index (χ3n) is 4.76. The Bertz CT molecular complexity index is 689. The Morgan fingerprint density at radius 1 is 1.00 bits per heavy atom. The van der Waals surface area contributed by atoms with Gasteiger partial charge in [0.2, 0.25) is 0 Å². The number of halogens is 1. The maximum absolute atomic E-state index is 11.7. The van der Waals surface area contributed by atoms with Gasteiger partial charge in [-0.2, -0.15) is 0 Å². The van der Waals surface area contributed by atoms with Gasteiger partial charge in [-0.3, -0.25) is 9.69 Å². The first-order chi connectivity index (χ1) is 10.8. The van der Waals surface area contributed by atoms with Crippen molar-refractivity contribution < 1.29 is 9.53 Å². The Morgan fingerprint density at radius 2 is 1.74 bits per heavy atom. The number of rotatable bonds is 3. The lowest BCUT2D eigenvalue weighted by Crippen LogP contribution is -2.23. The van der Waals surface area contributed by atoms with Crippen molar-refractivity contribution in [3.05, 3.63) is 60.2 Å². The summed E-state index contributed by atoms with van der Waals surface area (Å²) in [7, 11) is 0. The maximum atomic E-state index is 11.7. The third-order valence-corrected chi connectivity index (χ3v) is 4.76. The average molecular weight is 330 g/mol. The average Bonchev–Trinajstić information content (AvgIpc) is 3.11. The summed E-state index contributed by atoms with van der Waals surface area (Å²) in [6, 6.07) is 19.0. The molecule has 0 radical (unpaired) electrons.